The van der Waals surface area contributed by atoms with Crippen LogP contribution in [0.5, 0.6) is 5.75 Å². The van der Waals surface area contributed by atoms with E-state index in [1.807, 2.05) is 43.0 Å². The highest BCUT2D eigenvalue weighted by atomic mass is 16.6. The minimum Gasteiger partial charge on any atom is -0.481 e. The molecule has 0 aliphatic rings. The Morgan fingerprint density at radius 1 is 1.09 bits per heavy atom. The van der Waals surface area contributed by atoms with Crippen LogP contribution >= 0.6 is 0 Å². The van der Waals surface area contributed by atoms with Crippen LogP contribution < -0.4 is 10.5 Å². The van der Waals surface area contributed by atoms with Gasteiger partial charge in [-0.15, -0.1) is 0 Å². The van der Waals surface area contributed by atoms with Gasteiger partial charge in [-0.3, -0.25) is 14.5 Å². The summed E-state index contributed by atoms with van der Waals surface area (Å²) in [6.45, 7) is 10.9. The fourth-order valence-electron chi connectivity index (χ4n) is 5.53. The number of aromatic nitrogens is 3. The molecule has 2 N–H and O–H groups in total. The highest BCUT2D eigenvalue weighted by molar-refractivity contribution is 6.06. The Balaban J connectivity index is 1.60. The van der Waals surface area contributed by atoms with Crippen molar-refractivity contribution in [3.63, 3.8) is 0 Å². The fourth-order valence-corrected chi connectivity index (χ4v) is 5.53. The molecular weight excluding hydrogens is 600 g/mol. The maximum atomic E-state index is 13.7. The van der Waals surface area contributed by atoms with Crippen LogP contribution in [0, 0.1) is 0 Å². The van der Waals surface area contributed by atoms with Crippen LogP contribution in [0.15, 0.2) is 42.5 Å². The second-order valence-electron chi connectivity index (χ2n) is 11.6. The van der Waals surface area contributed by atoms with Gasteiger partial charge < -0.3 is 29.4 Å². The molecule has 2 heterocycles. The first kappa shape index (κ1) is 35.3. The number of pyridine rings is 1. The van der Waals surface area contributed by atoms with E-state index < -0.39 is 5.97 Å². The molecule has 0 saturated heterocycles. The number of imidazole rings is 1. The van der Waals surface area contributed by atoms with Gasteiger partial charge in [-0.25, -0.2) is 14.8 Å². The smallest absolute Gasteiger partial charge is 0.344 e. The number of esters is 1. The molecule has 0 fully saturated rings. The molecule has 0 radical (unpaired) electrons. The molecule has 2 aromatic carbocycles. The zero-order valence-electron chi connectivity index (χ0n) is 28.0. The molecule has 12 heteroatoms. The number of carbonyl (C=O) groups is 3. The van der Waals surface area contributed by atoms with E-state index >= 15 is 0 Å². The number of aryl methyl sites for hydroxylation is 1. The largest absolute Gasteiger partial charge is 0.481 e. The standard InChI is InChI=1S/C35H46N6O6/c1-6-39(7-2)21-31(43)40(20-25-13-14-26(22-42)29(19-25)46-23-32(44)47-24(3)4)16-10-17-41-30(15-18-45-5)38-33-34(41)27-11-8-9-12-28(27)37-35(33)36/h8-9,11-14,19,22,24H,6-7,10,15-18,20-21,23H2,1-5H3,(H2,36,37). The van der Waals surface area contributed by atoms with Crippen LogP contribution in [0.3, 0.4) is 0 Å². The van der Waals surface area contributed by atoms with Gasteiger partial charge in [0.15, 0.2) is 18.7 Å². The van der Waals surface area contributed by atoms with Gasteiger partial charge in [-0.05, 0) is 57.1 Å². The lowest BCUT2D eigenvalue weighted by atomic mass is 10.1. The molecule has 1 amide bonds. The van der Waals surface area contributed by atoms with Gasteiger partial charge in [-0.1, -0.05) is 38.1 Å². The van der Waals surface area contributed by atoms with Crippen molar-refractivity contribution in [1.29, 1.82) is 0 Å². The van der Waals surface area contributed by atoms with Crippen molar-refractivity contribution < 1.29 is 28.6 Å². The number of methoxy groups -OCH3 is 1. The zero-order chi connectivity index (χ0) is 33.9. The molecule has 252 valence electrons. The Kier molecular flexibility index (Phi) is 12.7. The fraction of sp³-hybridized carbons (Fsp3) is 0.457. The van der Waals surface area contributed by atoms with Crippen LogP contribution in [0.4, 0.5) is 5.82 Å². The van der Waals surface area contributed by atoms with Crippen LogP contribution in [0.1, 0.15) is 55.9 Å². The third-order valence-corrected chi connectivity index (χ3v) is 7.93. The van der Waals surface area contributed by atoms with Crippen molar-refractivity contribution in [3.8, 4) is 5.75 Å². The first-order valence-corrected chi connectivity index (χ1v) is 16.1. The molecule has 0 saturated carbocycles. The summed E-state index contributed by atoms with van der Waals surface area (Å²) in [5, 5.41) is 0.961. The molecule has 4 rings (SSSR count). The van der Waals surface area contributed by atoms with Crippen LogP contribution in [-0.4, -0.2) is 95.1 Å². The summed E-state index contributed by atoms with van der Waals surface area (Å²) in [7, 11) is 1.66. The van der Waals surface area contributed by atoms with Gasteiger partial charge in [0.1, 0.15) is 17.1 Å². The number of fused-ring (bicyclic) bond motifs is 3. The molecule has 0 aliphatic carbocycles. The lowest BCUT2D eigenvalue weighted by molar-refractivity contribution is -0.149. The molecule has 0 aliphatic heterocycles. The number of nitrogen functional groups attached to an aromatic ring is 1. The maximum absolute atomic E-state index is 13.7. The van der Waals surface area contributed by atoms with E-state index in [4.69, 9.17) is 24.9 Å². The van der Waals surface area contributed by atoms with Crippen LogP contribution in [0.2, 0.25) is 0 Å². The third-order valence-electron chi connectivity index (χ3n) is 7.93. The van der Waals surface area contributed by atoms with E-state index in [-0.39, 0.29) is 30.9 Å². The maximum Gasteiger partial charge on any atom is 0.344 e. The van der Waals surface area contributed by atoms with Gasteiger partial charge in [0.25, 0.3) is 0 Å². The second-order valence-corrected chi connectivity index (χ2v) is 11.6. The van der Waals surface area contributed by atoms with E-state index in [1.54, 1.807) is 39.2 Å². The lowest BCUT2D eigenvalue weighted by Gasteiger charge is -2.27. The molecule has 2 aromatic heterocycles. The molecule has 0 spiro atoms. The van der Waals surface area contributed by atoms with Gasteiger partial charge in [0, 0.05) is 38.6 Å². The Hall–Kier alpha value is -4.55. The number of hydrogen-bond donors (Lipinski definition) is 1. The Morgan fingerprint density at radius 2 is 1.85 bits per heavy atom. The van der Waals surface area contributed by atoms with Crippen molar-refractivity contribution in [1.82, 2.24) is 24.3 Å². The highest BCUT2D eigenvalue weighted by Crippen LogP contribution is 2.29. The van der Waals surface area contributed by atoms with Crippen LogP contribution in [0.25, 0.3) is 21.9 Å². The predicted molar refractivity (Wildman–Crippen MR) is 181 cm³/mol. The number of hydrogen-bond acceptors (Lipinski definition) is 10. The van der Waals surface area contributed by atoms with Crippen molar-refractivity contribution in [3.05, 3.63) is 59.4 Å². The molecule has 47 heavy (non-hydrogen) atoms. The van der Waals surface area contributed by atoms with Crippen molar-refractivity contribution >= 4 is 45.9 Å². The number of carbonyl (C=O) groups excluding carboxylic acids is 3. The number of nitrogens with zero attached hydrogens (tertiary/aromatic N) is 5. The highest BCUT2D eigenvalue weighted by Gasteiger charge is 2.21. The molecule has 0 unspecified atom stereocenters. The molecule has 0 atom stereocenters. The number of amides is 1. The van der Waals surface area contributed by atoms with E-state index in [0.717, 1.165) is 40.9 Å². The quantitative estimate of drug-likeness (QED) is 0.123. The molecular formula is C35H46N6O6. The number of rotatable bonds is 18. The van der Waals surface area contributed by atoms with Gasteiger partial charge in [0.2, 0.25) is 5.91 Å². The summed E-state index contributed by atoms with van der Waals surface area (Å²) in [6, 6.07) is 13.0. The first-order chi connectivity index (χ1) is 22.7. The predicted octanol–water partition coefficient (Wildman–Crippen LogP) is 4.26. The van der Waals surface area contributed by atoms with E-state index in [0.29, 0.717) is 62.3 Å². The summed E-state index contributed by atoms with van der Waals surface area (Å²) in [6.07, 6.45) is 1.64. The van der Waals surface area contributed by atoms with Gasteiger partial charge >= 0.3 is 5.97 Å². The van der Waals surface area contributed by atoms with Crippen molar-refractivity contribution in [2.75, 3.05) is 52.2 Å². The number of para-hydroxylation sites is 1. The zero-order valence-corrected chi connectivity index (χ0v) is 28.0. The monoisotopic (exact) mass is 646 g/mol. The van der Waals surface area contributed by atoms with Crippen molar-refractivity contribution in [2.45, 2.75) is 59.7 Å². The Morgan fingerprint density at radius 3 is 2.55 bits per heavy atom. The summed E-state index contributed by atoms with van der Waals surface area (Å²) in [4.78, 5) is 50.9. The minimum absolute atomic E-state index is 0.00914. The number of ether oxygens (including phenoxy) is 3. The first-order valence-electron chi connectivity index (χ1n) is 16.1. The topological polar surface area (TPSA) is 142 Å². The van der Waals surface area contributed by atoms with Gasteiger partial charge in [0.05, 0.1) is 35.9 Å². The van der Waals surface area contributed by atoms with Crippen molar-refractivity contribution in [2.24, 2.45) is 0 Å². The van der Waals surface area contributed by atoms with E-state index in [2.05, 4.69) is 14.5 Å². The lowest BCUT2D eigenvalue weighted by Crippen LogP contribution is -2.40. The van der Waals surface area contributed by atoms with Crippen LogP contribution in [-0.2, 0) is 38.6 Å². The minimum atomic E-state index is -0.527. The molecule has 0 bridgehead atoms. The average molecular weight is 647 g/mol. The Bertz CT molecular complexity index is 1680. The SMILES string of the molecule is CCN(CC)CC(=O)N(CCCn1c(CCOC)nc2c(N)nc3ccccc3c21)Cc1ccc(C=O)c(OCC(=O)OC(C)C)c1. The summed E-state index contributed by atoms with van der Waals surface area (Å²) >= 11 is 0. The second kappa shape index (κ2) is 16.8. The summed E-state index contributed by atoms with van der Waals surface area (Å²) in [5.41, 5.74) is 9.82. The molecule has 4 aromatic rings. The number of aldehydes is 1. The summed E-state index contributed by atoms with van der Waals surface area (Å²) in [5.74, 6) is 0.946. The van der Waals surface area contributed by atoms with Gasteiger partial charge in [-0.2, -0.15) is 0 Å². The average Bonchev–Trinajstić information content (AvgIpc) is 3.43. The van der Waals surface area contributed by atoms with E-state index in [1.165, 1.54) is 0 Å². The number of benzene rings is 2. The third kappa shape index (κ3) is 9.05. The summed E-state index contributed by atoms with van der Waals surface area (Å²) < 4.78 is 18.4. The number of anilines is 1. The molecule has 12 nitrogen and oxygen atoms in total. The van der Waals surface area contributed by atoms with E-state index in [9.17, 15) is 14.4 Å². The number of nitrogens with two attached hydrogens (primary N) is 1. The number of likely N-dealkylation sites (N-methyl/N-ethyl adjacent to an activating group) is 1. The normalized spacial score (nSPS) is 11.5. The Labute approximate surface area is 275 Å².